The van der Waals surface area contributed by atoms with E-state index in [2.05, 4.69) is 29.1 Å². The fourth-order valence-electron chi connectivity index (χ4n) is 3.75. The summed E-state index contributed by atoms with van der Waals surface area (Å²) in [5.74, 6) is 0.722. The monoisotopic (exact) mass is 575 g/mol. The molecule has 0 saturated heterocycles. The van der Waals surface area contributed by atoms with E-state index in [-0.39, 0.29) is 22.8 Å². The van der Waals surface area contributed by atoms with Crippen molar-refractivity contribution < 1.29 is 40.6 Å². The first-order chi connectivity index (χ1) is 18.3. The molecule has 3 rings (SSSR count). The molecule has 0 saturated carbocycles. The summed E-state index contributed by atoms with van der Waals surface area (Å²) in [6.07, 6.45) is -8.21. The number of alkyl halides is 6. The van der Waals surface area contributed by atoms with Crippen molar-refractivity contribution in [2.75, 3.05) is 33.3 Å². The average molecular weight is 576 g/mol. The van der Waals surface area contributed by atoms with Crippen molar-refractivity contribution in [1.29, 1.82) is 0 Å². The molecule has 0 unspecified atom stereocenters. The number of amides is 1. The predicted octanol–water partition coefficient (Wildman–Crippen LogP) is 6.85. The van der Waals surface area contributed by atoms with E-state index < -0.39 is 35.6 Å². The first-order valence-electron chi connectivity index (χ1n) is 11.9. The number of likely N-dealkylation sites (N-methyl/N-ethyl adjacent to an activating group) is 1. The first kappa shape index (κ1) is 30.4. The lowest BCUT2D eigenvalue weighted by molar-refractivity contribution is -0.143. The van der Waals surface area contributed by atoms with Crippen molar-refractivity contribution in [2.45, 2.75) is 32.8 Å². The fourth-order valence-corrected chi connectivity index (χ4v) is 4.49. The predicted molar refractivity (Wildman–Crippen MR) is 138 cm³/mol. The van der Waals surface area contributed by atoms with E-state index in [4.69, 9.17) is 9.47 Å². The minimum absolute atomic E-state index is 0.0704. The number of nitrogens with one attached hydrogen (secondary N) is 1. The van der Waals surface area contributed by atoms with Crippen molar-refractivity contribution >= 4 is 28.9 Å². The number of hydrogen-bond donors (Lipinski definition) is 1. The number of nitrogens with zero attached hydrogens (tertiary/aromatic N) is 2. The highest BCUT2D eigenvalue weighted by atomic mass is 32.2. The number of benzene rings is 2. The van der Waals surface area contributed by atoms with Gasteiger partial charge in [0.25, 0.3) is 0 Å². The Labute approximate surface area is 226 Å². The van der Waals surface area contributed by atoms with Crippen molar-refractivity contribution in [1.82, 2.24) is 10.2 Å². The Morgan fingerprint density at radius 2 is 1.72 bits per heavy atom. The van der Waals surface area contributed by atoms with Crippen LogP contribution in [0.15, 0.2) is 46.3 Å². The molecule has 1 aliphatic rings. The second-order valence-corrected chi connectivity index (χ2v) is 9.35. The summed E-state index contributed by atoms with van der Waals surface area (Å²) in [5.41, 5.74) is -2.68. The number of rotatable bonds is 10. The van der Waals surface area contributed by atoms with Crippen LogP contribution in [0.4, 0.5) is 31.1 Å². The third-order valence-corrected chi connectivity index (χ3v) is 6.66. The summed E-state index contributed by atoms with van der Waals surface area (Å²) in [5, 5.41) is 2.81. The van der Waals surface area contributed by atoms with Gasteiger partial charge in [-0.1, -0.05) is 26.0 Å². The molecule has 39 heavy (non-hydrogen) atoms. The van der Waals surface area contributed by atoms with Gasteiger partial charge < -0.3 is 19.7 Å². The molecule has 6 nitrogen and oxygen atoms in total. The van der Waals surface area contributed by atoms with E-state index in [0.29, 0.717) is 28.9 Å². The molecule has 13 heteroatoms. The number of amidine groups is 1. The normalized spacial score (nSPS) is 15.2. The molecule has 1 N–H and O–H groups in total. The smallest absolute Gasteiger partial charge is 0.416 e. The van der Waals surface area contributed by atoms with E-state index in [1.54, 1.807) is 18.2 Å². The highest BCUT2D eigenvalue weighted by molar-refractivity contribution is 8.18. The zero-order valence-electron chi connectivity index (χ0n) is 21.4. The Hall–Kier alpha value is -3.19. The lowest BCUT2D eigenvalue weighted by atomic mass is 10.0. The first-order valence-corrected chi connectivity index (χ1v) is 12.7. The van der Waals surface area contributed by atoms with Gasteiger partial charge in [-0.2, -0.15) is 31.3 Å². The maximum atomic E-state index is 13.4. The highest BCUT2D eigenvalue weighted by Crippen LogP contribution is 2.38. The number of carbonyl (C=O) groups is 1. The molecule has 0 spiro atoms. The van der Waals surface area contributed by atoms with E-state index in [1.807, 2.05) is 0 Å². The number of thioether (sulfide) groups is 1. The molecule has 1 aliphatic heterocycles. The third kappa shape index (κ3) is 8.15. The van der Waals surface area contributed by atoms with Gasteiger partial charge >= 0.3 is 17.6 Å². The van der Waals surface area contributed by atoms with Gasteiger partial charge in [0.05, 0.1) is 23.1 Å². The number of ether oxygens (including phenoxy) is 2. The largest absolute Gasteiger partial charge is 0.493 e. The van der Waals surface area contributed by atoms with Crippen molar-refractivity contribution in [3.8, 4) is 11.5 Å². The van der Waals surface area contributed by atoms with Gasteiger partial charge in [-0.3, -0.25) is 4.79 Å². The molecule has 0 atom stereocenters. The Bertz CT molecular complexity index is 1240. The third-order valence-electron chi connectivity index (χ3n) is 5.86. The van der Waals surface area contributed by atoms with Gasteiger partial charge in [0.15, 0.2) is 11.5 Å². The molecular weight excluding hydrogens is 548 g/mol. The molecule has 0 radical (unpaired) electrons. The standard InChI is InChI=1S/C26H27F6N3O3S/c1-4-35(5-2)11-10-33-23-22(39-24(36)34-23)13-16-6-9-20(21(12-16)37-3)38-15-17-7-8-18(25(27,28)29)14-19(17)26(30,31)32/h6-9,12-14H,4-5,10-11,15H2,1-3H3,(H,33,34,36). The van der Waals surface area contributed by atoms with Gasteiger partial charge in [-0.15, -0.1) is 0 Å². The molecular formula is C26H27F6N3O3S. The van der Waals surface area contributed by atoms with Crippen molar-refractivity contribution in [2.24, 2.45) is 4.99 Å². The summed E-state index contributed by atoms with van der Waals surface area (Å²) in [6, 6.07) is 6.04. The molecule has 0 bridgehead atoms. The van der Waals surface area contributed by atoms with Gasteiger partial charge in [0.2, 0.25) is 0 Å². The summed E-state index contributed by atoms with van der Waals surface area (Å²) >= 11 is 0.954. The van der Waals surface area contributed by atoms with Crippen LogP contribution in [-0.2, 0) is 19.0 Å². The van der Waals surface area contributed by atoms with Crippen LogP contribution in [0.25, 0.3) is 6.08 Å². The minimum atomic E-state index is -5.00. The molecule has 2 aromatic rings. The molecule has 2 aromatic carbocycles. The van der Waals surface area contributed by atoms with E-state index in [0.717, 1.165) is 37.5 Å². The van der Waals surface area contributed by atoms with Crippen LogP contribution in [-0.4, -0.2) is 49.3 Å². The second kappa shape index (κ2) is 12.8. The quantitative estimate of drug-likeness (QED) is 0.313. The molecule has 1 amide bonds. The lowest BCUT2D eigenvalue weighted by Crippen LogP contribution is -2.34. The van der Waals surface area contributed by atoms with E-state index in [1.165, 1.54) is 13.2 Å². The van der Waals surface area contributed by atoms with E-state index in [9.17, 15) is 31.1 Å². The van der Waals surface area contributed by atoms with Crippen LogP contribution in [0.5, 0.6) is 11.5 Å². The highest BCUT2D eigenvalue weighted by Gasteiger charge is 2.38. The maximum absolute atomic E-state index is 13.4. The van der Waals surface area contributed by atoms with Crippen molar-refractivity contribution in [3.63, 3.8) is 0 Å². The van der Waals surface area contributed by atoms with Crippen LogP contribution < -0.4 is 14.8 Å². The Kier molecular flexibility index (Phi) is 9.94. The summed E-state index contributed by atoms with van der Waals surface area (Å²) in [7, 11) is 1.34. The second-order valence-electron chi connectivity index (χ2n) is 8.36. The van der Waals surface area contributed by atoms with Crippen molar-refractivity contribution in [3.05, 3.63) is 63.6 Å². The Morgan fingerprint density at radius 3 is 2.33 bits per heavy atom. The van der Waals surface area contributed by atoms with Gasteiger partial charge in [-0.25, -0.2) is 0 Å². The molecule has 0 aliphatic carbocycles. The van der Waals surface area contributed by atoms with Crippen LogP contribution in [0.1, 0.15) is 36.1 Å². The number of halogens is 6. The van der Waals surface area contributed by atoms with Crippen LogP contribution in [0.3, 0.4) is 0 Å². The Morgan fingerprint density at radius 1 is 1.00 bits per heavy atom. The average Bonchev–Trinajstić information content (AvgIpc) is 3.22. The topological polar surface area (TPSA) is 63.2 Å². The number of hydrogen-bond acceptors (Lipinski definition) is 6. The van der Waals surface area contributed by atoms with Crippen LogP contribution in [0.2, 0.25) is 0 Å². The van der Waals surface area contributed by atoms with Gasteiger partial charge in [-0.05, 0) is 60.8 Å². The fraction of sp³-hybridized carbons (Fsp3) is 0.385. The van der Waals surface area contributed by atoms with Crippen LogP contribution >= 0.6 is 11.8 Å². The SMILES string of the molecule is CCN(CC)CCNC1=NC(=O)SC1=Cc1ccc(OCc2ccc(C(F)(F)F)cc2C(F)(F)F)c(OC)c1. The number of methoxy groups -OCH3 is 1. The van der Waals surface area contributed by atoms with Crippen LogP contribution in [0, 0.1) is 0 Å². The zero-order valence-corrected chi connectivity index (χ0v) is 22.2. The molecule has 0 aromatic heterocycles. The van der Waals surface area contributed by atoms with E-state index >= 15 is 0 Å². The number of carbonyl (C=O) groups excluding carboxylic acids is 1. The van der Waals surface area contributed by atoms with Gasteiger partial charge in [0.1, 0.15) is 12.4 Å². The molecule has 1 heterocycles. The number of aliphatic imine (C=N–C) groups is 1. The van der Waals surface area contributed by atoms with Gasteiger partial charge in [0, 0.05) is 18.7 Å². The molecule has 212 valence electrons. The lowest BCUT2D eigenvalue weighted by Gasteiger charge is -2.18. The summed E-state index contributed by atoms with van der Waals surface area (Å²) in [4.78, 5) is 18.8. The minimum Gasteiger partial charge on any atom is -0.493 e. The zero-order chi connectivity index (χ0) is 28.8. The summed E-state index contributed by atoms with van der Waals surface area (Å²) in [6.45, 7) is 6.62. The molecule has 0 fully saturated rings. The Balaban J connectivity index is 1.77. The summed E-state index contributed by atoms with van der Waals surface area (Å²) < 4.78 is 90.0. The maximum Gasteiger partial charge on any atom is 0.416 e.